The van der Waals surface area contributed by atoms with Crippen LogP contribution in [0.25, 0.3) is 0 Å². The van der Waals surface area contributed by atoms with E-state index in [1.807, 2.05) is 0 Å². The molecule has 0 spiro atoms. The quantitative estimate of drug-likeness (QED) is 0.651. The Balaban J connectivity index is 2.37. The van der Waals surface area contributed by atoms with E-state index in [9.17, 15) is 0 Å². The lowest BCUT2D eigenvalue weighted by Gasteiger charge is -2.34. The molecule has 1 saturated heterocycles. The molecular formula is C9H17BrO. The fourth-order valence-corrected chi connectivity index (χ4v) is 2.53. The summed E-state index contributed by atoms with van der Waals surface area (Å²) in [4.78, 5) is 0.644. The Hall–Kier alpha value is 0.440. The maximum atomic E-state index is 5.33. The van der Waals surface area contributed by atoms with Crippen molar-refractivity contribution in [3.63, 3.8) is 0 Å². The average molecular weight is 221 g/mol. The highest BCUT2D eigenvalue weighted by molar-refractivity contribution is 9.09. The first-order valence-electron chi connectivity index (χ1n) is 4.34. The number of alkyl halides is 1. The minimum absolute atomic E-state index is 0.529. The number of halogens is 1. The van der Waals surface area contributed by atoms with E-state index in [-0.39, 0.29) is 0 Å². The maximum absolute atomic E-state index is 5.33. The van der Waals surface area contributed by atoms with Crippen LogP contribution in [0.5, 0.6) is 0 Å². The molecule has 0 bridgehead atoms. The molecule has 1 aliphatic rings. The normalized spacial score (nSPS) is 26.5. The zero-order valence-electron chi connectivity index (χ0n) is 7.40. The molecule has 0 saturated carbocycles. The highest BCUT2D eigenvalue weighted by Crippen LogP contribution is 2.35. The Bertz CT molecular complexity index is 117. The Morgan fingerprint density at radius 3 is 2.45 bits per heavy atom. The van der Waals surface area contributed by atoms with E-state index >= 15 is 0 Å². The lowest BCUT2D eigenvalue weighted by Crippen LogP contribution is -2.28. The van der Waals surface area contributed by atoms with Gasteiger partial charge in [-0.25, -0.2) is 0 Å². The van der Waals surface area contributed by atoms with Crippen LogP contribution in [0.1, 0.15) is 33.1 Å². The minimum atomic E-state index is 0.529. The van der Waals surface area contributed by atoms with Crippen LogP contribution >= 0.6 is 15.9 Å². The standard InChI is InChI=1S/C9H17BrO/c1-8(10)7-9(2)3-5-11-6-4-9/h8H,3-7H2,1-2H3. The third-order valence-electron chi connectivity index (χ3n) is 2.47. The van der Waals surface area contributed by atoms with E-state index in [0.29, 0.717) is 10.2 Å². The molecule has 0 aromatic rings. The maximum Gasteiger partial charge on any atom is 0.0471 e. The van der Waals surface area contributed by atoms with Gasteiger partial charge in [-0.3, -0.25) is 0 Å². The van der Waals surface area contributed by atoms with Crippen LogP contribution in [0.2, 0.25) is 0 Å². The van der Waals surface area contributed by atoms with Crippen molar-refractivity contribution in [1.82, 2.24) is 0 Å². The van der Waals surface area contributed by atoms with Crippen molar-refractivity contribution >= 4 is 15.9 Å². The largest absolute Gasteiger partial charge is 0.381 e. The van der Waals surface area contributed by atoms with Gasteiger partial charge in [-0.2, -0.15) is 0 Å². The van der Waals surface area contributed by atoms with Gasteiger partial charge in [-0.15, -0.1) is 0 Å². The summed E-state index contributed by atoms with van der Waals surface area (Å²) in [7, 11) is 0. The fraction of sp³-hybridized carbons (Fsp3) is 1.00. The first-order valence-corrected chi connectivity index (χ1v) is 5.26. The summed E-state index contributed by atoms with van der Waals surface area (Å²) in [6.07, 6.45) is 3.72. The van der Waals surface area contributed by atoms with Crippen molar-refractivity contribution in [2.24, 2.45) is 5.41 Å². The number of hydrogen-bond acceptors (Lipinski definition) is 1. The molecule has 11 heavy (non-hydrogen) atoms. The molecule has 1 heterocycles. The van der Waals surface area contributed by atoms with Crippen LogP contribution in [-0.2, 0) is 4.74 Å². The molecule has 2 heteroatoms. The highest BCUT2D eigenvalue weighted by atomic mass is 79.9. The molecule has 0 N–H and O–H groups in total. The number of ether oxygens (including phenoxy) is 1. The predicted molar refractivity (Wildman–Crippen MR) is 51.2 cm³/mol. The van der Waals surface area contributed by atoms with Crippen molar-refractivity contribution in [2.45, 2.75) is 37.9 Å². The summed E-state index contributed by atoms with van der Waals surface area (Å²) in [5.41, 5.74) is 0.529. The van der Waals surface area contributed by atoms with Crippen LogP contribution in [0, 0.1) is 5.41 Å². The third kappa shape index (κ3) is 3.12. The lowest BCUT2D eigenvalue weighted by atomic mass is 9.79. The van der Waals surface area contributed by atoms with Crippen molar-refractivity contribution in [1.29, 1.82) is 0 Å². The van der Waals surface area contributed by atoms with Gasteiger partial charge in [0, 0.05) is 18.0 Å². The highest BCUT2D eigenvalue weighted by Gasteiger charge is 2.28. The molecule has 1 aliphatic heterocycles. The van der Waals surface area contributed by atoms with E-state index in [4.69, 9.17) is 4.74 Å². The fourth-order valence-electron chi connectivity index (χ4n) is 1.75. The van der Waals surface area contributed by atoms with Gasteiger partial charge >= 0.3 is 0 Å². The van der Waals surface area contributed by atoms with Gasteiger partial charge in [0.15, 0.2) is 0 Å². The molecular weight excluding hydrogens is 204 g/mol. The van der Waals surface area contributed by atoms with E-state index in [1.165, 1.54) is 19.3 Å². The zero-order chi connectivity index (χ0) is 8.32. The van der Waals surface area contributed by atoms with Crippen molar-refractivity contribution < 1.29 is 4.74 Å². The summed E-state index contributed by atoms with van der Waals surface area (Å²) >= 11 is 3.60. The molecule has 1 unspecified atom stereocenters. The predicted octanol–water partition coefficient (Wildman–Crippen LogP) is 2.98. The van der Waals surface area contributed by atoms with Crippen molar-refractivity contribution in [3.8, 4) is 0 Å². The first kappa shape index (κ1) is 9.53. The molecule has 1 nitrogen and oxygen atoms in total. The second-order valence-electron chi connectivity index (χ2n) is 3.91. The van der Waals surface area contributed by atoms with Crippen LogP contribution in [-0.4, -0.2) is 18.0 Å². The molecule has 1 fully saturated rings. The van der Waals surface area contributed by atoms with Gasteiger partial charge < -0.3 is 4.74 Å². The molecule has 1 rings (SSSR count). The molecule has 0 aliphatic carbocycles. The average Bonchev–Trinajstić information content (AvgIpc) is 1.85. The Morgan fingerprint density at radius 1 is 1.45 bits per heavy atom. The van der Waals surface area contributed by atoms with Crippen molar-refractivity contribution in [3.05, 3.63) is 0 Å². The summed E-state index contributed by atoms with van der Waals surface area (Å²) in [6, 6.07) is 0. The Labute approximate surface area is 77.6 Å². The number of rotatable bonds is 2. The summed E-state index contributed by atoms with van der Waals surface area (Å²) in [5.74, 6) is 0. The Morgan fingerprint density at radius 2 is 2.00 bits per heavy atom. The van der Waals surface area contributed by atoms with Crippen LogP contribution in [0.4, 0.5) is 0 Å². The minimum Gasteiger partial charge on any atom is -0.381 e. The van der Waals surface area contributed by atoms with Crippen LogP contribution < -0.4 is 0 Å². The molecule has 0 radical (unpaired) electrons. The van der Waals surface area contributed by atoms with Crippen LogP contribution in [0.15, 0.2) is 0 Å². The van der Waals surface area contributed by atoms with E-state index in [2.05, 4.69) is 29.8 Å². The molecule has 0 aromatic heterocycles. The molecule has 66 valence electrons. The Kier molecular flexibility index (Phi) is 3.38. The SMILES string of the molecule is CC(Br)CC1(C)CCOCC1. The first-order chi connectivity index (χ1) is 5.12. The zero-order valence-corrected chi connectivity index (χ0v) is 8.99. The van der Waals surface area contributed by atoms with Gasteiger partial charge in [-0.05, 0) is 24.7 Å². The van der Waals surface area contributed by atoms with Gasteiger partial charge in [0.1, 0.15) is 0 Å². The van der Waals surface area contributed by atoms with Crippen LogP contribution in [0.3, 0.4) is 0 Å². The molecule has 0 aromatic carbocycles. The van der Waals surface area contributed by atoms with Gasteiger partial charge in [-0.1, -0.05) is 29.8 Å². The summed E-state index contributed by atoms with van der Waals surface area (Å²) in [6.45, 7) is 6.50. The smallest absolute Gasteiger partial charge is 0.0471 e. The monoisotopic (exact) mass is 220 g/mol. The van der Waals surface area contributed by atoms with E-state index < -0.39 is 0 Å². The summed E-state index contributed by atoms with van der Waals surface area (Å²) in [5, 5.41) is 0. The summed E-state index contributed by atoms with van der Waals surface area (Å²) < 4.78 is 5.33. The third-order valence-corrected chi connectivity index (χ3v) is 2.80. The van der Waals surface area contributed by atoms with E-state index in [0.717, 1.165) is 13.2 Å². The second kappa shape index (κ2) is 3.90. The second-order valence-corrected chi connectivity index (χ2v) is 5.47. The van der Waals surface area contributed by atoms with Gasteiger partial charge in [0.2, 0.25) is 0 Å². The lowest BCUT2D eigenvalue weighted by molar-refractivity contribution is 0.0204. The van der Waals surface area contributed by atoms with Crippen molar-refractivity contribution in [2.75, 3.05) is 13.2 Å². The van der Waals surface area contributed by atoms with Gasteiger partial charge in [0.05, 0.1) is 0 Å². The topological polar surface area (TPSA) is 9.23 Å². The molecule has 0 amide bonds. The van der Waals surface area contributed by atoms with E-state index in [1.54, 1.807) is 0 Å². The number of hydrogen-bond donors (Lipinski definition) is 0. The van der Waals surface area contributed by atoms with Gasteiger partial charge in [0.25, 0.3) is 0 Å². The molecule has 1 atom stereocenters.